The Hall–Kier alpha value is -0.910. The Morgan fingerprint density at radius 1 is 1.53 bits per heavy atom. The summed E-state index contributed by atoms with van der Waals surface area (Å²) in [6.45, 7) is 2.01. The minimum absolute atomic E-state index is 0. The highest BCUT2D eigenvalue weighted by Crippen LogP contribution is 2.21. The minimum Gasteiger partial charge on any atom is -0.339 e. The van der Waals surface area contributed by atoms with Crippen LogP contribution < -0.4 is 5.32 Å². The zero-order chi connectivity index (χ0) is 10.8. The monoisotopic (exact) mass is 271 g/mol. The lowest BCUT2D eigenvalue weighted by molar-refractivity contribution is 0.355. The average Bonchev–Trinajstić information content (AvgIpc) is 2.99. The van der Waals surface area contributed by atoms with E-state index in [2.05, 4.69) is 26.9 Å². The zero-order valence-electron chi connectivity index (χ0n) is 9.26. The SMILES string of the molecule is Cl.c1csc(Cc2noc([C@@H]3CCNC3)n2)c1. The fourth-order valence-corrected chi connectivity index (χ4v) is 2.64. The summed E-state index contributed by atoms with van der Waals surface area (Å²) in [5.74, 6) is 1.99. The summed E-state index contributed by atoms with van der Waals surface area (Å²) in [5, 5.41) is 9.40. The molecule has 1 saturated heterocycles. The number of rotatable bonds is 3. The van der Waals surface area contributed by atoms with Crippen LogP contribution in [0.2, 0.25) is 0 Å². The molecule has 0 radical (unpaired) electrons. The van der Waals surface area contributed by atoms with E-state index in [9.17, 15) is 0 Å². The first-order valence-electron chi connectivity index (χ1n) is 5.47. The van der Waals surface area contributed by atoms with E-state index in [4.69, 9.17) is 4.52 Å². The molecule has 0 unspecified atom stereocenters. The lowest BCUT2D eigenvalue weighted by atomic mass is 10.1. The number of thiophene rings is 1. The third-order valence-corrected chi connectivity index (χ3v) is 3.68. The van der Waals surface area contributed by atoms with Crippen molar-refractivity contribution < 1.29 is 4.52 Å². The second-order valence-corrected chi connectivity index (χ2v) is 5.03. The molecular formula is C11H14ClN3OS. The number of hydrogen-bond donors (Lipinski definition) is 1. The molecule has 4 nitrogen and oxygen atoms in total. The Bertz CT molecular complexity index is 451. The van der Waals surface area contributed by atoms with Crippen molar-refractivity contribution in [2.45, 2.75) is 18.8 Å². The van der Waals surface area contributed by atoms with Gasteiger partial charge in [0, 0.05) is 17.8 Å². The van der Waals surface area contributed by atoms with Gasteiger partial charge in [-0.3, -0.25) is 0 Å². The van der Waals surface area contributed by atoms with Crippen molar-refractivity contribution in [2.75, 3.05) is 13.1 Å². The highest BCUT2D eigenvalue weighted by molar-refractivity contribution is 7.09. The molecule has 2 aromatic rings. The number of aromatic nitrogens is 2. The van der Waals surface area contributed by atoms with Gasteiger partial charge < -0.3 is 9.84 Å². The highest BCUT2D eigenvalue weighted by Gasteiger charge is 2.22. The Morgan fingerprint density at radius 2 is 2.47 bits per heavy atom. The lowest BCUT2D eigenvalue weighted by Gasteiger charge is -1.98. The molecule has 1 aliphatic heterocycles. The van der Waals surface area contributed by atoms with Crippen molar-refractivity contribution >= 4 is 23.7 Å². The minimum atomic E-state index is 0. The normalized spacial score (nSPS) is 19.2. The van der Waals surface area contributed by atoms with Crippen LogP contribution in [-0.2, 0) is 6.42 Å². The molecule has 3 rings (SSSR count). The molecule has 2 aromatic heterocycles. The molecule has 3 heterocycles. The van der Waals surface area contributed by atoms with Crippen LogP contribution in [0.15, 0.2) is 22.0 Å². The van der Waals surface area contributed by atoms with Gasteiger partial charge in [-0.25, -0.2) is 0 Å². The zero-order valence-corrected chi connectivity index (χ0v) is 10.9. The van der Waals surface area contributed by atoms with Crippen LogP contribution in [0.5, 0.6) is 0 Å². The van der Waals surface area contributed by atoms with Gasteiger partial charge in [0.1, 0.15) is 0 Å². The second kappa shape index (κ2) is 5.62. The maximum Gasteiger partial charge on any atom is 0.231 e. The summed E-state index contributed by atoms with van der Waals surface area (Å²) in [7, 11) is 0. The molecule has 6 heteroatoms. The molecule has 0 aromatic carbocycles. The van der Waals surface area contributed by atoms with Gasteiger partial charge in [-0.1, -0.05) is 11.2 Å². The highest BCUT2D eigenvalue weighted by atomic mass is 35.5. The molecule has 0 bridgehead atoms. The smallest absolute Gasteiger partial charge is 0.231 e. The summed E-state index contributed by atoms with van der Waals surface area (Å²) in [6.07, 6.45) is 1.88. The van der Waals surface area contributed by atoms with E-state index >= 15 is 0 Å². The van der Waals surface area contributed by atoms with Gasteiger partial charge in [-0.05, 0) is 24.4 Å². The van der Waals surface area contributed by atoms with Gasteiger partial charge in [0.15, 0.2) is 5.82 Å². The maximum atomic E-state index is 5.30. The Kier molecular flexibility index (Phi) is 4.15. The fraction of sp³-hybridized carbons (Fsp3) is 0.455. The van der Waals surface area contributed by atoms with E-state index < -0.39 is 0 Å². The molecule has 92 valence electrons. The number of halogens is 1. The molecule has 1 aliphatic rings. The summed E-state index contributed by atoms with van der Waals surface area (Å²) < 4.78 is 5.30. The average molecular weight is 272 g/mol. The van der Waals surface area contributed by atoms with Gasteiger partial charge >= 0.3 is 0 Å². The van der Waals surface area contributed by atoms with Gasteiger partial charge in [0.25, 0.3) is 0 Å². The van der Waals surface area contributed by atoms with Gasteiger partial charge in [-0.15, -0.1) is 23.7 Å². The van der Waals surface area contributed by atoms with E-state index in [0.29, 0.717) is 5.92 Å². The first-order valence-corrected chi connectivity index (χ1v) is 6.35. The molecular weight excluding hydrogens is 258 g/mol. The van der Waals surface area contributed by atoms with Crippen LogP contribution in [0.3, 0.4) is 0 Å². The largest absolute Gasteiger partial charge is 0.339 e. The number of nitrogens with one attached hydrogen (secondary N) is 1. The molecule has 1 fully saturated rings. The fourth-order valence-electron chi connectivity index (χ4n) is 1.94. The van der Waals surface area contributed by atoms with Crippen molar-refractivity contribution in [3.63, 3.8) is 0 Å². The van der Waals surface area contributed by atoms with Gasteiger partial charge in [-0.2, -0.15) is 4.98 Å². The van der Waals surface area contributed by atoms with Crippen molar-refractivity contribution in [1.29, 1.82) is 0 Å². The molecule has 0 aliphatic carbocycles. The van der Waals surface area contributed by atoms with E-state index in [1.54, 1.807) is 11.3 Å². The van der Waals surface area contributed by atoms with Crippen LogP contribution in [0, 0.1) is 0 Å². The van der Waals surface area contributed by atoms with Crippen LogP contribution >= 0.6 is 23.7 Å². The molecule has 0 amide bonds. The predicted molar refractivity (Wildman–Crippen MR) is 68.9 cm³/mol. The third kappa shape index (κ3) is 2.86. The lowest BCUT2D eigenvalue weighted by Crippen LogP contribution is -2.08. The molecule has 1 atom stereocenters. The quantitative estimate of drug-likeness (QED) is 0.930. The number of hydrogen-bond acceptors (Lipinski definition) is 5. The van der Waals surface area contributed by atoms with Crippen LogP contribution in [0.25, 0.3) is 0 Å². The maximum absolute atomic E-state index is 5.30. The first kappa shape index (κ1) is 12.5. The van der Waals surface area contributed by atoms with E-state index in [0.717, 1.165) is 37.6 Å². The van der Waals surface area contributed by atoms with Crippen molar-refractivity contribution in [3.8, 4) is 0 Å². The van der Waals surface area contributed by atoms with Crippen molar-refractivity contribution in [3.05, 3.63) is 34.1 Å². The topological polar surface area (TPSA) is 51.0 Å². The van der Waals surface area contributed by atoms with Crippen molar-refractivity contribution in [2.24, 2.45) is 0 Å². The van der Waals surface area contributed by atoms with E-state index in [1.807, 2.05) is 6.07 Å². The second-order valence-electron chi connectivity index (χ2n) is 3.99. The Labute approximate surface area is 110 Å². The summed E-state index contributed by atoms with van der Waals surface area (Å²) in [4.78, 5) is 5.73. The molecule has 0 spiro atoms. The Morgan fingerprint density at radius 3 is 3.18 bits per heavy atom. The summed E-state index contributed by atoms with van der Waals surface area (Å²) in [6, 6.07) is 4.14. The third-order valence-electron chi connectivity index (χ3n) is 2.81. The van der Waals surface area contributed by atoms with Crippen LogP contribution in [0.4, 0.5) is 0 Å². The standard InChI is InChI=1S/C11H13N3OS.ClH/c1-2-9(16-5-1)6-10-13-11(15-14-10)8-3-4-12-7-8;/h1-2,5,8,12H,3-4,6-7H2;1H/t8-;/m1./s1. The van der Waals surface area contributed by atoms with Gasteiger partial charge in [0.05, 0.1) is 5.92 Å². The molecule has 0 saturated carbocycles. The Balaban J connectivity index is 0.00000108. The summed E-state index contributed by atoms with van der Waals surface area (Å²) >= 11 is 1.73. The molecule has 17 heavy (non-hydrogen) atoms. The van der Waals surface area contributed by atoms with Crippen LogP contribution in [-0.4, -0.2) is 23.2 Å². The van der Waals surface area contributed by atoms with E-state index in [1.165, 1.54) is 4.88 Å². The van der Waals surface area contributed by atoms with Crippen molar-refractivity contribution in [1.82, 2.24) is 15.5 Å². The summed E-state index contributed by atoms with van der Waals surface area (Å²) in [5.41, 5.74) is 0. The predicted octanol–water partition coefficient (Wildman–Crippen LogP) is 2.22. The first-order chi connectivity index (χ1) is 7.92. The number of nitrogens with zero attached hydrogens (tertiary/aromatic N) is 2. The van der Waals surface area contributed by atoms with Gasteiger partial charge in [0.2, 0.25) is 5.89 Å². The molecule has 1 N–H and O–H groups in total. The van der Waals surface area contributed by atoms with Crippen LogP contribution in [0.1, 0.15) is 28.9 Å². The van der Waals surface area contributed by atoms with E-state index in [-0.39, 0.29) is 12.4 Å².